The topological polar surface area (TPSA) is 0 Å². The predicted molar refractivity (Wildman–Crippen MR) is 48.9 cm³/mol. The normalized spacial score (nSPS) is 25.1. The first-order valence-corrected chi connectivity index (χ1v) is 4.48. The zero-order valence-corrected chi connectivity index (χ0v) is 7.63. The molecule has 2 atom stereocenters. The summed E-state index contributed by atoms with van der Waals surface area (Å²) in [5.41, 5.74) is 0.632. The standard InChI is InChI=1S/C11H8F4/c12-10-8-4-2-1-3-7(8)5-6-9(10)11(13,14)15/h1-6,9-10H. The van der Waals surface area contributed by atoms with E-state index in [1.54, 1.807) is 12.1 Å². The van der Waals surface area contributed by atoms with Crippen molar-refractivity contribution in [3.05, 3.63) is 41.5 Å². The van der Waals surface area contributed by atoms with Gasteiger partial charge in [-0.3, -0.25) is 0 Å². The molecule has 2 rings (SSSR count). The molecule has 0 spiro atoms. The molecule has 1 aromatic rings. The second kappa shape index (κ2) is 3.36. The van der Waals surface area contributed by atoms with Crippen molar-refractivity contribution >= 4 is 6.08 Å². The summed E-state index contributed by atoms with van der Waals surface area (Å²) in [6.07, 6.45) is -4.31. The number of hydrogen-bond donors (Lipinski definition) is 0. The van der Waals surface area contributed by atoms with Crippen molar-refractivity contribution in [3.63, 3.8) is 0 Å². The van der Waals surface area contributed by atoms with E-state index in [1.165, 1.54) is 18.2 Å². The Labute approximate surface area is 84.2 Å². The minimum atomic E-state index is -4.52. The third-order valence-electron chi connectivity index (χ3n) is 2.47. The number of alkyl halides is 4. The summed E-state index contributed by atoms with van der Waals surface area (Å²) in [6, 6.07) is 6.20. The van der Waals surface area contributed by atoms with Crippen molar-refractivity contribution in [2.24, 2.45) is 5.92 Å². The van der Waals surface area contributed by atoms with Gasteiger partial charge in [-0.25, -0.2) is 4.39 Å². The molecule has 0 bridgehead atoms. The maximum absolute atomic E-state index is 13.6. The third kappa shape index (κ3) is 1.76. The van der Waals surface area contributed by atoms with Crippen molar-refractivity contribution in [1.82, 2.24) is 0 Å². The van der Waals surface area contributed by atoms with Gasteiger partial charge in [0.1, 0.15) is 12.1 Å². The minimum Gasteiger partial charge on any atom is -0.241 e. The molecule has 0 aliphatic heterocycles. The summed E-state index contributed by atoms with van der Waals surface area (Å²) in [5, 5.41) is 0. The molecule has 2 unspecified atom stereocenters. The molecule has 1 aliphatic carbocycles. The highest BCUT2D eigenvalue weighted by Gasteiger charge is 2.45. The Morgan fingerprint density at radius 1 is 1.07 bits per heavy atom. The van der Waals surface area contributed by atoms with E-state index in [4.69, 9.17) is 0 Å². The smallest absolute Gasteiger partial charge is 0.241 e. The highest BCUT2D eigenvalue weighted by atomic mass is 19.4. The Morgan fingerprint density at radius 2 is 1.73 bits per heavy atom. The largest absolute Gasteiger partial charge is 0.398 e. The molecule has 0 heterocycles. The van der Waals surface area contributed by atoms with Crippen molar-refractivity contribution in [2.45, 2.75) is 12.3 Å². The Morgan fingerprint density at radius 3 is 2.40 bits per heavy atom. The Bertz CT molecular complexity index is 392. The molecule has 0 radical (unpaired) electrons. The van der Waals surface area contributed by atoms with E-state index in [9.17, 15) is 17.6 Å². The van der Waals surface area contributed by atoms with Gasteiger partial charge in [0, 0.05) is 0 Å². The fraction of sp³-hybridized carbons (Fsp3) is 0.273. The lowest BCUT2D eigenvalue weighted by molar-refractivity contribution is -0.177. The van der Waals surface area contributed by atoms with Crippen LogP contribution in [0.25, 0.3) is 6.08 Å². The van der Waals surface area contributed by atoms with Crippen LogP contribution in [0, 0.1) is 5.92 Å². The van der Waals surface area contributed by atoms with Gasteiger partial charge in [0.2, 0.25) is 0 Å². The quantitative estimate of drug-likeness (QED) is 0.577. The van der Waals surface area contributed by atoms with Gasteiger partial charge in [-0.15, -0.1) is 0 Å². The molecule has 1 aromatic carbocycles. The van der Waals surface area contributed by atoms with Crippen molar-refractivity contribution in [1.29, 1.82) is 0 Å². The monoisotopic (exact) mass is 216 g/mol. The molecule has 0 aromatic heterocycles. The lowest BCUT2D eigenvalue weighted by atomic mass is 9.87. The highest BCUT2D eigenvalue weighted by Crippen LogP contribution is 2.43. The highest BCUT2D eigenvalue weighted by molar-refractivity contribution is 5.58. The van der Waals surface area contributed by atoms with Gasteiger partial charge in [0.25, 0.3) is 0 Å². The van der Waals surface area contributed by atoms with E-state index < -0.39 is 18.3 Å². The third-order valence-corrected chi connectivity index (χ3v) is 2.47. The predicted octanol–water partition coefficient (Wildman–Crippen LogP) is 3.90. The summed E-state index contributed by atoms with van der Waals surface area (Å²) >= 11 is 0. The second-order valence-corrected chi connectivity index (χ2v) is 3.46. The van der Waals surface area contributed by atoms with Gasteiger partial charge in [-0.05, 0) is 11.1 Å². The summed E-state index contributed by atoms with van der Waals surface area (Å²) in [6.45, 7) is 0. The number of fused-ring (bicyclic) bond motifs is 1. The van der Waals surface area contributed by atoms with E-state index in [2.05, 4.69) is 0 Å². The SMILES string of the molecule is FC1c2ccccc2C=CC1C(F)(F)F. The zero-order chi connectivity index (χ0) is 11.1. The lowest BCUT2D eigenvalue weighted by Gasteiger charge is -2.25. The Hall–Kier alpha value is -1.32. The molecule has 15 heavy (non-hydrogen) atoms. The van der Waals surface area contributed by atoms with Gasteiger partial charge >= 0.3 is 6.18 Å². The summed E-state index contributed by atoms with van der Waals surface area (Å²) in [7, 11) is 0. The van der Waals surface area contributed by atoms with Crippen LogP contribution in [0.4, 0.5) is 17.6 Å². The number of rotatable bonds is 0. The fourth-order valence-corrected chi connectivity index (χ4v) is 1.69. The molecule has 0 fully saturated rings. The molecule has 1 aliphatic rings. The van der Waals surface area contributed by atoms with E-state index in [1.807, 2.05) is 0 Å². The minimum absolute atomic E-state index is 0.113. The molecular formula is C11H8F4. The van der Waals surface area contributed by atoms with Crippen LogP contribution in [-0.2, 0) is 0 Å². The van der Waals surface area contributed by atoms with Crippen LogP contribution < -0.4 is 0 Å². The van der Waals surface area contributed by atoms with Crippen LogP contribution in [0.1, 0.15) is 17.3 Å². The lowest BCUT2D eigenvalue weighted by Crippen LogP contribution is -2.27. The molecule has 4 heteroatoms. The number of halogens is 4. The maximum atomic E-state index is 13.6. The number of hydrogen-bond acceptors (Lipinski definition) is 0. The first kappa shape index (κ1) is 10.2. The molecule has 0 saturated heterocycles. The average Bonchev–Trinajstić information content (AvgIpc) is 2.16. The van der Waals surface area contributed by atoms with Gasteiger partial charge < -0.3 is 0 Å². The molecule has 0 nitrogen and oxygen atoms in total. The summed E-state index contributed by atoms with van der Waals surface area (Å²) in [5.74, 6) is -2.02. The summed E-state index contributed by atoms with van der Waals surface area (Å²) < 4.78 is 50.7. The maximum Gasteiger partial charge on any atom is 0.398 e. The van der Waals surface area contributed by atoms with Crippen molar-refractivity contribution in [2.75, 3.05) is 0 Å². The zero-order valence-electron chi connectivity index (χ0n) is 7.63. The molecular weight excluding hydrogens is 208 g/mol. The Balaban J connectivity index is 2.42. The van der Waals surface area contributed by atoms with Crippen LogP contribution in [-0.4, -0.2) is 6.18 Å². The average molecular weight is 216 g/mol. The van der Waals surface area contributed by atoms with Gasteiger partial charge in [0.15, 0.2) is 0 Å². The van der Waals surface area contributed by atoms with Gasteiger partial charge in [0.05, 0.1) is 0 Å². The van der Waals surface area contributed by atoms with Crippen LogP contribution in [0.15, 0.2) is 30.3 Å². The van der Waals surface area contributed by atoms with Gasteiger partial charge in [-0.2, -0.15) is 13.2 Å². The van der Waals surface area contributed by atoms with E-state index in [0.29, 0.717) is 5.56 Å². The van der Waals surface area contributed by atoms with Crippen LogP contribution in [0.2, 0.25) is 0 Å². The van der Waals surface area contributed by atoms with Crippen molar-refractivity contribution < 1.29 is 17.6 Å². The van der Waals surface area contributed by atoms with E-state index in [0.717, 1.165) is 6.08 Å². The van der Waals surface area contributed by atoms with Crippen LogP contribution in [0.3, 0.4) is 0 Å². The van der Waals surface area contributed by atoms with E-state index >= 15 is 0 Å². The first-order valence-electron chi connectivity index (χ1n) is 4.48. The Kier molecular flexibility index (Phi) is 2.29. The number of allylic oxidation sites excluding steroid dienone is 1. The van der Waals surface area contributed by atoms with Gasteiger partial charge in [-0.1, -0.05) is 36.4 Å². The molecule has 80 valence electrons. The number of benzene rings is 1. The molecule has 0 N–H and O–H groups in total. The van der Waals surface area contributed by atoms with E-state index in [-0.39, 0.29) is 5.56 Å². The van der Waals surface area contributed by atoms with Crippen LogP contribution >= 0.6 is 0 Å². The second-order valence-electron chi connectivity index (χ2n) is 3.46. The first-order chi connectivity index (χ1) is 7.00. The molecule has 0 saturated carbocycles. The molecule has 0 amide bonds. The van der Waals surface area contributed by atoms with Crippen molar-refractivity contribution in [3.8, 4) is 0 Å². The summed E-state index contributed by atoms with van der Waals surface area (Å²) in [4.78, 5) is 0. The fourth-order valence-electron chi connectivity index (χ4n) is 1.69. The van der Waals surface area contributed by atoms with Crippen LogP contribution in [0.5, 0.6) is 0 Å².